The standard InChI is InChI=1S/C15H15FN2O2/c1-9-14(10-2-5-12(16)6-3-10)17-13-7-4-11(15(19)20)8-18(9)13/h2-3,5-6,11H,4,7-8H2,1H3,(H,19,20). The molecule has 5 heteroatoms. The molecule has 2 heterocycles. The number of aliphatic carboxylic acids is 1. The van der Waals surface area contributed by atoms with Gasteiger partial charge in [0, 0.05) is 24.2 Å². The highest BCUT2D eigenvalue weighted by Gasteiger charge is 2.27. The smallest absolute Gasteiger partial charge is 0.308 e. The van der Waals surface area contributed by atoms with E-state index < -0.39 is 5.97 Å². The van der Waals surface area contributed by atoms with Crippen LogP contribution in [0.1, 0.15) is 17.9 Å². The van der Waals surface area contributed by atoms with Gasteiger partial charge in [0.05, 0.1) is 11.6 Å². The normalized spacial score (nSPS) is 17.8. The monoisotopic (exact) mass is 274 g/mol. The van der Waals surface area contributed by atoms with Crippen molar-refractivity contribution in [1.82, 2.24) is 9.55 Å². The van der Waals surface area contributed by atoms with Gasteiger partial charge in [0.2, 0.25) is 0 Å². The van der Waals surface area contributed by atoms with E-state index in [-0.39, 0.29) is 11.7 Å². The number of aromatic nitrogens is 2. The molecule has 0 aliphatic carbocycles. The van der Waals surface area contributed by atoms with Gasteiger partial charge < -0.3 is 9.67 Å². The molecule has 4 nitrogen and oxygen atoms in total. The van der Waals surface area contributed by atoms with Gasteiger partial charge in [-0.1, -0.05) is 0 Å². The number of aryl methyl sites for hydroxylation is 1. The van der Waals surface area contributed by atoms with E-state index in [1.165, 1.54) is 12.1 Å². The highest BCUT2D eigenvalue weighted by Crippen LogP contribution is 2.29. The second-order valence-corrected chi connectivity index (χ2v) is 5.15. The maximum Gasteiger partial charge on any atom is 0.308 e. The Morgan fingerprint density at radius 2 is 2.10 bits per heavy atom. The fraction of sp³-hybridized carbons (Fsp3) is 0.333. The Morgan fingerprint density at radius 3 is 2.75 bits per heavy atom. The highest BCUT2D eigenvalue weighted by atomic mass is 19.1. The van der Waals surface area contributed by atoms with Crippen LogP contribution >= 0.6 is 0 Å². The highest BCUT2D eigenvalue weighted by molar-refractivity contribution is 5.70. The maximum absolute atomic E-state index is 13.0. The molecule has 0 saturated carbocycles. The summed E-state index contributed by atoms with van der Waals surface area (Å²) in [7, 11) is 0. The van der Waals surface area contributed by atoms with Crippen LogP contribution in [0.5, 0.6) is 0 Å². The zero-order valence-electron chi connectivity index (χ0n) is 11.1. The molecule has 3 rings (SSSR count). The number of carboxylic acid groups (broad SMARTS) is 1. The van der Waals surface area contributed by atoms with Crippen molar-refractivity contribution in [2.75, 3.05) is 0 Å². The molecule has 2 aromatic rings. The maximum atomic E-state index is 13.0. The van der Waals surface area contributed by atoms with Crippen LogP contribution in [-0.2, 0) is 17.8 Å². The van der Waals surface area contributed by atoms with Crippen molar-refractivity contribution in [2.45, 2.75) is 26.3 Å². The Hall–Kier alpha value is -2.17. The third kappa shape index (κ3) is 2.09. The lowest BCUT2D eigenvalue weighted by molar-refractivity contribution is -0.142. The van der Waals surface area contributed by atoms with Crippen LogP contribution in [0.3, 0.4) is 0 Å². The predicted octanol–water partition coefficient (Wildman–Crippen LogP) is 2.64. The average Bonchev–Trinajstić information content (AvgIpc) is 2.76. The summed E-state index contributed by atoms with van der Waals surface area (Å²) in [5.74, 6) is -0.468. The lowest BCUT2D eigenvalue weighted by Gasteiger charge is -2.21. The molecular weight excluding hydrogens is 259 g/mol. The van der Waals surface area contributed by atoms with Crippen molar-refractivity contribution in [3.05, 3.63) is 41.6 Å². The predicted molar refractivity (Wildman–Crippen MR) is 71.8 cm³/mol. The first-order valence-electron chi connectivity index (χ1n) is 6.61. The lowest BCUT2D eigenvalue weighted by atomic mass is 9.99. The molecule has 0 saturated heterocycles. The molecular formula is C15H15FN2O2. The Balaban J connectivity index is 2.00. The summed E-state index contributed by atoms with van der Waals surface area (Å²) >= 11 is 0. The van der Waals surface area contributed by atoms with Crippen LogP contribution in [-0.4, -0.2) is 20.6 Å². The molecule has 20 heavy (non-hydrogen) atoms. The van der Waals surface area contributed by atoms with Gasteiger partial charge in [-0.2, -0.15) is 0 Å². The Morgan fingerprint density at radius 1 is 1.40 bits per heavy atom. The summed E-state index contributed by atoms with van der Waals surface area (Å²) in [6.07, 6.45) is 1.29. The minimum Gasteiger partial charge on any atom is -0.481 e. The molecule has 0 fully saturated rings. The van der Waals surface area contributed by atoms with Crippen molar-refractivity contribution in [3.8, 4) is 11.3 Å². The molecule has 1 atom stereocenters. The first kappa shape index (κ1) is 12.8. The van der Waals surface area contributed by atoms with Crippen molar-refractivity contribution < 1.29 is 14.3 Å². The summed E-state index contributed by atoms with van der Waals surface area (Å²) < 4.78 is 15.0. The number of hydrogen-bond donors (Lipinski definition) is 1. The first-order chi connectivity index (χ1) is 9.56. The van der Waals surface area contributed by atoms with Gasteiger partial charge in [-0.05, 0) is 37.6 Å². The molecule has 1 aromatic heterocycles. The van der Waals surface area contributed by atoms with Gasteiger partial charge in [0.25, 0.3) is 0 Å². The van der Waals surface area contributed by atoms with Crippen LogP contribution in [0, 0.1) is 18.7 Å². The van der Waals surface area contributed by atoms with E-state index in [1.807, 2.05) is 11.5 Å². The second kappa shape index (κ2) is 4.74. The molecule has 0 radical (unpaired) electrons. The molecule has 1 N–H and O–H groups in total. The molecule has 1 aliphatic rings. The number of rotatable bonds is 2. The van der Waals surface area contributed by atoms with Crippen LogP contribution in [0.2, 0.25) is 0 Å². The fourth-order valence-corrected chi connectivity index (χ4v) is 2.72. The quantitative estimate of drug-likeness (QED) is 0.916. The summed E-state index contributed by atoms with van der Waals surface area (Å²) in [5.41, 5.74) is 2.61. The lowest BCUT2D eigenvalue weighted by Crippen LogP contribution is -2.27. The number of fused-ring (bicyclic) bond motifs is 1. The van der Waals surface area contributed by atoms with E-state index >= 15 is 0 Å². The topological polar surface area (TPSA) is 55.1 Å². The van der Waals surface area contributed by atoms with E-state index in [1.54, 1.807) is 12.1 Å². The summed E-state index contributed by atoms with van der Waals surface area (Å²) in [6, 6.07) is 6.22. The first-order valence-corrected chi connectivity index (χ1v) is 6.61. The van der Waals surface area contributed by atoms with Crippen molar-refractivity contribution in [3.63, 3.8) is 0 Å². The van der Waals surface area contributed by atoms with Gasteiger partial charge in [-0.3, -0.25) is 4.79 Å². The molecule has 1 aromatic carbocycles. The van der Waals surface area contributed by atoms with Crippen LogP contribution < -0.4 is 0 Å². The molecule has 0 amide bonds. The Bertz CT molecular complexity index is 661. The number of halogens is 1. The molecule has 0 spiro atoms. The van der Waals surface area contributed by atoms with Gasteiger partial charge in [0.15, 0.2) is 0 Å². The summed E-state index contributed by atoms with van der Waals surface area (Å²) in [4.78, 5) is 15.7. The zero-order chi connectivity index (χ0) is 14.3. The number of nitrogens with zero attached hydrogens (tertiary/aromatic N) is 2. The number of carbonyl (C=O) groups is 1. The van der Waals surface area contributed by atoms with Gasteiger partial charge in [0.1, 0.15) is 11.6 Å². The molecule has 0 bridgehead atoms. The van der Waals surface area contributed by atoms with Crippen LogP contribution in [0.25, 0.3) is 11.3 Å². The van der Waals surface area contributed by atoms with E-state index in [0.717, 1.165) is 22.8 Å². The van der Waals surface area contributed by atoms with E-state index in [0.29, 0.717) is 19.4 Å². The summed E-state index contributed by atoms with van der Waals surface area (Å²) in [5, 5.41) is 9.13. The SMILES string of the molecule is Cc1c(-c2ccc(F)cc2)nc2n1CC(C(=O)O)CC2. The number of hydrogen-bond acceptors (Lipinski definition) is 2. The van der Waals surface area contributed by atoms with E-state index in [4.69, 9.17) is 5.11 Å². The fourth-order valence-electron chi connectivity index (χ4n) is 2.72. The number of imidazole rings is 1. The molecule has 104 valence electrons. The molecule has 1 unspecified atom stereocenters. The van der Waals surface area contributed by atoms with Gasteiger partial charge >= 0.3 is 5.97 Å². The second-order valence-electron chi connectivity index (χ2n) is 5.15. The average molecular weight is 274 g/mol. The minimum atomic E-state index is -0.757. The van der Waals surface area contributed by atoms with E-state index in [9.17, 15) is 9.18 Å². The largest absolute Gasteiger partial charge is 0.481 e. The number of benzene rings is 1. The Labute approximate surface area is 115 Å². The van der Waals surface area contributed by atoms with E-state index in [2.05, 4.69) is 4.98 Å². The van der Waals surface area contributed by atoms with Gasteiger partial charge in [-0.25, -0.2) is 9.37 Å². The minimum absolute atomic E-state index is 0.277. The van der Waals surface area contributed by atoms with Crippen molar-refractivity contribution >= 4 is 5.97 Å². The van der Waals surface area contributed by atoms with Gasteiger partial charge in [-0.15, -0.1) is 0 Å². The third-order valence-electron chi connectivity index (χ3n) is 3.89. The van der Waals surface area contributed by atoms with Crippen molar-refractivity contribution in [1.29, 1.82) is 0 Å². The van der Waals surface area contributed by atoms with Crippen molar-refractivity contribution in [2.24, 2.45) is 5.92 Å². The summed E-state index contributed by atoms with van der Waals surface area (Å²) in [6.45, 7) is 2.39. The van der Waals surface area contributed by atoms with Crippen LogP contribution in [0.4, 0.5) is 4.39 Å². The zero-order valence-corrected chi connectivity index (χ0v) is 11.1. The number of carboxylic acids is 1. The Kier molecular flexibility index (Phi) is 3.04. The third-order valence-corrected chi connectivity index (χ3v) is 3.89. The van der Waals surface area contributed by atoms with Crippen LogP contribution in [0.15, 0.2) is 24.3 Å². The molecule has 1 aliphatic heterocycles.